The van der Waals surface area contributed by atoms with Gasteiger partial charge in [0.15, 0.2) is 12.4 Å². The Balaban J connectivity index is 1.28. The first-order chi connectivity index (χ1) is 18.0. The number of benzene rings is 4. The van der Waals surface area contributed by atoms with Gasteiger partial charge in [-0.15, -0.1) is 0 Å². The third-order valence-electron chi connectivity index (χ3n) is 6.93. The van der Waals surface area contributed by atoms with Gasteiger partial charge in [-0.05, 0) is 77.9 Å². The number of carbonyl (C=O) groups is 1. The van der Waals surface area contributed by atoms with Crippen LogP contribution in [0.1, 0.15) is 37.7 Å². The number of fused-ring (bicyclic) bond motifs is 2. The maximum absolute atomic E-state index is 14.9. The SMILES string of the molecule is C[C@@H](CCCC1CN(c2ccc(OCC(=O)O)cc2)c2c(F)cccc2O1)c1cccc2ccccc12. The van der Waals surface area contributed by atoms with Crippen molar-refractivity contribution in [1.82, 2.24) is 0 Å². The van der Waals surface area contributed by atoms with E-state index in [2.05, 4.69) is 49.4 Å². The second-order valence-electron chi connectivity index (χ2n) is 9.51. The van der Waals surface area contributed by atoms with E-state index in [1.54, 1.807) is 24.3 Å². The minimum absolute atomic E-state index is 0.0862. The van der Waals surface area contributed by atoms with Crippen molar-refractivity contribution in [2.75, 3.05) is 18.1 Å². The summed E-state index contributed by atoms with van der Waals surface area (Å²) in [6, 6.07) is 26.9. The fraction of sp³-hybridized carbons (Fsp3) is 0.258. The van der Waals surface area contributed by atoms with E-state index in [1.165, 1.54) is 22.4 Å². The van der Waals surface area contributed by atoms with Gasteiger partial charge in [0, 0.05) is 5.69 Å². The highest BCUT2D eigenvalue weighted by Gasteiger charge is 2.29. The van der Waals surface area contributed by atoms with Crippen LogP contribution in [0.25, 0.3) is 10.8 Å². The van der Waals surface area contributed by atoms with Crippen molar-refractivity contribution in [2.24, 2.45) is 0 Å². The molecule has 0 radical (unpaired) electrons. The van der Waals surface area contributed by atoms with Crippen LogP contribution in [-0.2, 0) is 4.79 Å². The topological polar surface area (TPSA) is 59.0 Å². The summed E-state index contributed by atoms with van der Waals surface area (Å²) in [4.78, 5) is 12.7. The summed E-state index contributed by atoms with van der Waals surface area (Å²) in [6.45, 7) is 2.38. The zero-order valence-electron chi connectivity index (χ0n) is 20.8. The molecule has 190 valence electrons. The highest BCUT2D eigenvalue weighted by Crippen LogP contribution is 2.41. The van der Waals surface area contributed by atoms with Crippen LogP contribution in [0.4, 0.5) is 15.8 Å². The van der Waals surface area contributed by atoms with Crippen molar-refractivity contribution in [2.45, 2.75) is 38.2 Å². The van der Waals surface area contributed by atoms with Gasteiger partial charge in [0.05, 0.1) is 6.54 Å². The van der Waals surface area contributed by atoms with E-state index in [-0.39, 0.29) is 11.9 Å². The lowest BCUT2D eigenvalue weighted by Crippen LogP contribution is -2.37. The Morgan fingerprint density at radius 3 is 2.62 bits per heavy atom. The Morgan fingerprint density at radius 2 is 1.81 bits per heavy atom. The van der Waals surface area contributed by atoms with Gasteiger partial charge < -0.3 is 19.5 Å². The summed E-state index contributed by atoms with van der Waals surface area (Å²) in [5.41, 5.74) is 2.58. The number of carboxylic acids is 1. The van der Waals surface area contributed by atoms with E-state index < -0.39 is 12.6 Å². The van der Waals surface area contributed by atoms with Crippen molar-refractivity contribution < 1.29 is 23.8 Å². The van der Waals surface area contributed by atoms with Crippen LogP contribution in [-0.4, -0.2) is 30.3 Å². The van der Waals surface area contributed by atoms with Gasteiger partial charge in [-0.1, -0.05) is 55.5 Å². The standard InChI is InChI=1S/C31H30FNO4/c1-21(26-12-5-9-22-8-2-3-11-27(22)26)7-4-10-25-19-33(31-28(32)13-6-14-29(31)37-25)23-15-17-24(18-16-23)36-20-30(34)35/h2-3,5-6,8-9,11-18,21,25H,4,7,10,19-20H2,1H3,(H,34,35)/t21-,25?/m0/s1. The van der Waals surface area contributed by atoms with Crippen LogP contribution in [0, 0.1) is 5.82 Å². The normalized spacial score (nSPS) is 15.6. The molecule has 0 aromatic heterocycles. The summed E-state index contributed by atoms with van der Waals surface area (Å²) in [7, 11) is 0. The van der Waals surface area contributed by atoms with Crippen LogP contribution < -0.4 is 14.4 Å². The minimum Gasteiger partial charge on any atom is -0.486 e. The molecule has 0 saturated carbocycles. The zero-order valence-corrected chi connectivity index (χ0v) is 20.8. The highest BCUT2D eigenvalue weighted by atomic mass is 19.1. The quantitative estimate of drug-likeness (QED) is 0.262. The number of aliphatic carboxylic acids is 1. The molecule has 0 bridgehead atoms. The molecule has 1 aliphatic heterocycles. The first-order valence-corrected chi connectivity index (χ1v) is 12.6. The predicted molar refractivity (Wildman–Crippen MR) is 144 cm³/mol. The molecule has 2 atom stereocenters. The first-order valence-electron chi connectivity index (χ1n) is 12.6. The maximum Gasteiger partial charge on any atom is 0.341 e. The first kappa shape index (κ1) is 24.6. The molecule has 1 N–H and O–H groups in total. The lowest BCUT2D eigenvalue weighted by molar-refractivity contribution is -0.139. The van der Waals surface area contributed by atoms with E-state index in [0.29, 0.717) is 29.6 Å². The van der Waals surface area contributed by atoms with E-state index in [9.17, 15) is 9.18 Å². The summed E-state index contributed by atoms with van der Waals surface area (Å²) in [6.07, 6.45) is 2.77. The fourth-order valence-electron chi connectivity index (χ4n) is 5.10. The lowest BCUT2D eigenvalue weighted by Gasteiger charge is -2.36. The Hall–Kier alpha value is -4.06. The monoisotopic (exact) mass is 499 g/mol. The fourth-order valence-corrected chi connectivity index (χ4v) is 5.10. The highest BCUT2D eigenvalue weighted by molar-refractivity contribution is 5.86. The molecular formula is C31H30FNO4. The van der Waals surface area contributed by atoms with Crippen molar-refractivity contribution in [3.05, 3.63) is 96.3 Å². The van der Waals surface area contributed by atoms with Crippen LogP contribution in [0.3, 0.4) is 0 Å². The van der Waals surface area contributed by atoms with E-state index in [4.69, 9.17) is 14.6 Å². The van der Waals surface area contributed by atoms with E-state index >= 15 is 0 Å². The number of carboxylic acid groups (broad SMARTS) is 1. The van der Waals surface area contributed by atoms with Crippen molar-refractivity contribution in [3.63, 3.8) is 0 Å². The average Bonchev–Trinajstić information content (AvgIpc) is 2.91. The van der Waals surface area contributed by atoms with Gasteiger partial charge >= 0.3 is 5.97 Å². The number of hydrogen-bond acceptors (Lipinski definition) is 4. The number of hydrogen-bond donors (Lipinski definition) is 1. The predicted octanol–water partition coefficient (Wildman–Crippen LogP) is 7.32. The Bertz CT molecular complexity index is 1380. The van der Waals surface area contributed by atoms with Gasteiger partial charge in [-0.2, -0.15) is 0 Å². The van der Waals surface area contributed by atoms with E-state index in [1.807, 2.05) is 17.0 Å². The molecule has 6 heteroatoms. The largest absolute Gasteiger partial charge is 0.486 e. The molecule has 4 aromatic rings. The van der Waals surface area contributed by atoms with Gasteiger partial charge in [-0.25, -0.2) is 9.18 Å². The number of rotatable bonds is 9. The molecule has 4 aromatic carbocycles. The van der Waals surface area contributed by atoms with Gasteiger partial charge in [0.1, 0.15) is 23.3 Å². The summed E-state index contributed by atoms with van der Waals surface area (Å²) >= 11 is 0. The molecule has 1 unspecified atom stereocenters. The third kappa shape index (κ3) is 5.53. The number of para-hydroxylation sites is 1. The molecule has 1 heterocycles. The molecule has 37 heavy (non-hydrogen) atoms. The number of anilines is 2. The molecule has 0 saturated heterocycles. The van der Waals surface area contributed by atoms with Crippen LogP contribution >= 0.6 is 0 Å². The molecule has 5 rings (SSSR count). The number of ether oxygens (including phenoxy) is 2. The molecule has 5 nitrogen and oxygen atoms in total. The summed E-state index contributed by atoms with van der Waals surface area (Å²) < 4.78 is 26.4. The summed E-state index contributed by atoms with van der Waals surface area (Å²) in [5.74, 6) is 0.0168. The molecule has 0 fully saturated rings. The van der Waals surface area contributed by atoms with Crippen LogP contribution in [0.15, 0.2) is 84.9 Å². The smallest absolute Gasteiger partial charge is 0.341 e. The van der Waals surface area contributed by atoms with Gasteiger partial charge in [0.25, 0.3) is 0 Å². The third-order valence-corrected chi connectivity index (χ3v) is 6.93. The van der Waals surface area contributed by atoms with Gasteiger partial charge in [-0.3, -0.25) is 0 Å². The molecule has 0 spiro atoms. The van der Waals surface area contributed by atoms with Gasteiger partial charge in [0.2, 0.25) is 0 Å². The second-order valence-corrected chi connectivity index (χ2v) is 9.51. The minimum atomic E-state index is -1.04. The second kappa shape index (κ2) is 10.9. The van der Waals surface area contributed by atoms with Crippen LogP contribution in [0.2, 0.25) is 0 Å². The Kier molecular flexibility index (Phi) is 7.26. The zero-order chi connectivity index (χ0) is 25.8. The molecule has 1 aliphatic rings. The molecular weight excluding hydrogens is 469 g/mol. The average molecular weight is 500 g/mol. The maximum atomic E-state index is 14.9. The number of halogens is 1. The lowest BCUT2D eigenvalue weighted by atomic mass is 9.90. The molecule has 0 amide bonds. The van der Waals surface area contributed by atoms with Crippen LogP contribution in [0.5, 0.6) is 11.5 Å². The number of nitrogens with zero attached hydrogens (tertiary/aromatic N) is 1. The Morgan fingerprint density at radius 1 is 1.05 bits per heavy atom. The van der Waals surface area contributed by atoms with Crippen molar-refractivity contribution in [1.29, 1.82) is 0 Å². The summed E-state index contributed by atoms with van der Waals surface area (Å²) in [5, 5.41) is 11.4. The van der Waals surface area contributed by atoms with E-state index in [0.717, 1.165) is 24.9 Å². The van der Waals surface area contributed by atoms with Crippen molar-refractivity contribution in [3.8, 4) is 11.5 Å². The Labute approximate surface area is 216 Å². The van der Waals surface area contributed by atoms with Crippen molar-refractivity contribution >= 4 is 28.1 Å². The molecule has 0 aliphatic carbocycles.